The molecule has 0 aliphatic rings. The Morgan fingerprint density at radius 2 is 2.31 bits per heavy atom. The molecular weight excluding hydrogens is 166 g/mol. The smallest absolute Gasteiger partial charge is 0.110 e. The van der Waals surface area contributed by atoms with E-state index in [0.717, 1.165) is 6.54 Å². The normalized spacial score (nSPS) is 13.6. The van der Waals surface area contributed by atoms with Crippen molar-refractivity contribution < 1.29 is 5.11 Å². The molecule has 13 heavy (non-hydrogen) atoms. The Balaban J connectivity index is 2.63. The predicted octanol–water partition coefficient (Wildman–Crippen LogP) is 0.531. The summed E-state index contributed by atoms with van der Waals surface area (Å²) < 4.78 is 1.83. The van der Waals surface area contributed by atoms with Crippen LogP contribution in [0.3, 0.4) is 0 Å². The van der Waals surface area contributed by atoms with E-state index in [-0.39, 0.29) is 6.54 Å². The monoisotopic (exact) mass is 183 g/mol. The van der Waals surface area contributed by atoms with Crippen LogP contribution in [0.2, 0.25) is 0 Å². The van der Waals surface area contributed by atoms with Crippen LogP contribution in [0.4, 0.5) is 0 Å². The number of rotatable bonds is 4. The average Bonchev–Trinajstić information content (AvgIpc) is 2.50. The lowest BCUT2D eigenvalue weighted by Crippen LogP contribution is -2.13. The van der Waals surface area contributed by atoms with Crippen molar-refractivity contribution in [2.75, 3.05) is 6.54 Å². The second kappa shape index (κ2) is 4.39. The molecular formula is C9H17N3O. The van der Waals surface area contributed by atoms with Gasteiger partial charge in [-0.1, -0.05) is 13.8 Å². The predicted molar refractivity (Wildman–Crippen MR) is 51.1 cm³/mol. The van der Waals surface area contributed by atoms with Gasteiger partial charge >= 0.3 is 0 Å². The summed E-state index contributed by atoms with van der Waals surface area (Å²) >= 11 is 0. The molecule has 1 rings (SSSR count). The number of aliphatic hydroxyl groups is 1. The second-order valence-electron chi connectivity index (χ2n) is 3.61. The van der Waals surface area contributed by atoms with Gasteiger partial charge in [-0.05, 0) is 12.0 Å². The minimum atomic E-state index is -0.631. The Labute approximate surface area is 78.4 Å². The van der Waals surface area contributed by atoms with Gasteiger partial charge in [0.05, 0.1) is 5.69 Å². The third kappa shape index (κ3) is 2.82. The van der Waals surface area contributed by atoms with Crippen LogP contribution in [0.15, 0.2) is 12.3 Å². The van der Waals surface area contributed by atoms with Crippen molar-refractivity contribution >= 4 is 0 Å². The third-order valence-electron chi connectivity index (χ3n) is 1.78. The van der Waals surface area contributed by atoms with E-state index in [0.29, 0.717) is 11.6 Å². The first kappa shape index (κ1) is 10.2. The number of nitrogens with zero attached hydrogens (tertiary/aromatic N) is 2. The van der Waals surface area contributed by atoms with E-state index in [1.807, 2.05) is 10.9 Å². The van der Waals surface area contributed by atoms with E-state index in [2.05, 4.69) is 18.9 Å². The average molecular weight is 183 g/mol. The first-order chi connectivity index (χ1) is 6.13. The molecule has 0 aliphatic carbocycles. The number of hydrogen-bond donors (Lipinski definition) is 2. The molecule has 4 nitrogen and oxygen atoms in total. The zero-order valence-electron chi connectivity index (χ0n) is 8.14. The van der Waals surface area contributed by atoms with E-state index in [1.54, 1.807) is 6.07 Å². The lowest BCUT2D eigenvalue weighted by molar-refractivity contribution is 0.180. The molecule has 4 heteroatoms. The topological polar surface area (TPSA) is 64.1 Å². The molecule has 0 amide bonds. The summed E-state index contributed by atoms with van der Waals surface area (Å²) in [6.07, 6.45) is 1.24. The van der Waals surface area contributed by atoms with Gasteiger partial charge in [-0.15, -0.1) is 0 Å². The first-order valence-corrected chi connectivity index (χ1v) is 4.55. The fourth-order valence-corrected chi connectivity index (χ4v) is 1.15. The van der Waals surface area contributed by atoms with Crippen molar-refractivity contribution in [3.8, 4) is 0 Å². The van der Waals surface area contributed by atoms with Crippen molar-refractivity contribution in [3.05, 3.63) is 18.0 Å². The summed E-state index contributed by atoms with van der Waals surface area (Å²) in [5, 5.41) is 13.6. The molecule has 0 bridgehead atoms. The molecule has 0 saturated carbocycles. The van der Waals surface area contributed by atoms with E-state index in [4.69, 9.17) is 5.73 Å². The highest BCUT2D eigenvalue weighted by Crippen LogP contribution is 2.08. The molecule has 0 unspecified atom stereocenters. The quantitative estimate of drug-likeness (QED) is 0.715. The molecule has 1 aromatic rings. The summed E-state index contributed by atoms with van der Waals surface area (Å²) in [5.41, 5.74) is 5.97. The maximum absolute atomic E-state index is 9.38. The van der Waals surface area contributed by atoms with Gasteiger partial charge in [-0.3, -0.25) is 4.68 Å². The Hall–Kier alpha value is -0.870. The lowest BCUT2D eigenvalue weighted by Gasteiger charge is -2.05. The van der Waals surface area contributed by atoms with E-state index in [9.17, 15) is 5.11 Å². The van der Waals surface area contributed by atoms with Gasteiger partial charge in [-0.25, -0.2) is 0 Å². The van der Waals surface area contributed by atoms with Gasteiger partial charge in [0.25, 0.3) is 0 Å². The molecule has 1 heterocycles. The van der Waals surface area contributed by atoms with Gasteiger partial charge in [0.15, 0.2) is 0 Å². The van der Waals surface area contributed by atoms with E-state index < -0.39 is 6.10 Å². The minimum absolute atomic E-state index is 0.221. The van der Waals surface area contributed by atoms with Crippen LogP contribution in [0.1, 0.15) is 25.6 Å². The fourth-order valence-electron chi connectivity index (χ4n) is 1.15. The van der Waals surface area contributed by atoms with Crippen LogP contribution in [-0.4, -0.2) is 21.4 Å². The summed E-state index contributed by atoms with van der Waals surface area (Å²) in [4.78, 5) is 0. The highest BCUT2D eigenvalue weighted by atomic mass is 16.3. The third-order valence-corrected chi connectivity index (χ3v) is 1.78. The summed E-state index contributed by atoms with van der Waals surface area (Å²) in [5.74, 6) is 0.558. The van der Waals surface area contributed by atoms with Gasteiger partial charge in [0.2, 0.25) is 0 Å². The molecule has 0 fully saturated rings. The molecule has 3 N–H and O–H groups in total. The molecule has 0 aromatic carbocycles. The molecule has 0 aliphatic heterocycles. The molecule has 1 atom stereocenters. The highest BCUT2D eigenvalue weighted by molar-refractivity contribution is 5.03. The van der Waals surface area contributed by atoms with Crippen LogP contribution >= 0.6 is 0 Å². The zero-order chi connectivity index (χ0) is 9.84. The lowest BCUT2D eigenvalue weighted by atomic mass is 10.2. The number of nitrogens with two attached hydrogens (primary N) is 1. The Kier molecular flexibility index (Phi) is 3.45. The van der Waals surface area contributed by atoms with Crippen LogP contribution < -0.4 is 5.73 Å². The summed E-state index contributed by atoms with van der Waals surface area (Å²) in [6, 6.07) is 1.81. The van der Waals surface area contributed by atoms with Gasteiger partial charge in [0, 0.05) is 19.3 Å². The van der Waals surface area contributed by atoms with Crippen LogP contribution in [0.25, 0.3) is 0 Å². The molecule has 74 valence electrons. The maximum Gasteiger partial charge on any atom is 0.110 e. The van der Waals surface area contributed by atoms with Crippen molar-refractivity contribution in [1.29, 1.82) is 0 Å². The zero-order valence-corrected chi connectivity index (χ0v) is 8.14. The first-order valence-electron chi connectivity index (χ1n) is 4.55. The Morgan fingerprint density at radius 1 is 1.62 bits per heavy atom. The highest BCUT2D eigenvalue weighted by Gasteiger charge is 2.08. The minimum Gasteiger partial charge on any atom is -0.385 e. The molecule has 0 spiro atoms. The summed E-state index contributed by atoms with van der Waals surface area (Å²) in [7, 11) is 0. The van der Waals surface area contributed by atoms with Crippen LogP contribution in [-0.2, 0) is 6.54 Å². The van der Waals surface area contributed by atoms with Crippen molar-refractivity contribution in [3.63, 3.8) is 0 Å². The second-order valence-corrected chi connectivity index (χ2v) is 3.61. The van der Waals surface area contributed by atoms with Gasteiger partial charge in [-0.2, -0.15) is 5.10 Å². The van der Waals surface area contributed by atoms with Crippen LogP contribution in [0.5, 0.6) is 0 Å². The van der Waals surface area contributed by atoms with Crippen molar-refractivity contribution in [1.82, 2.24) is 9.78 Å². The largest absolute Gasteiger partial charge is 0.385 e. The SMILES string of the molecule is CC(C)Cn1ccc([C@H](O)CN)n1. The number of aromatic nitrogens is 2. The van der Waals surface area contributed by atoms with Gasteiger partial charge in [0.1, 0.15) is 6.10 Å². The van der Waals surface area contributed by atoms with Gasteiger partial charge < -0.3 is 10.8 Å². The standard InChI is InChI=1S/C9H17N3O/c1-7(2)6-12-4-3-8(11-12)9(13)5-10/h3-4,7,9,13H,5-6,10H2,1-2H3/t9-/m1/s1. The Morgan fingerprint density at radius 3 is 2.85 bits per heavy atom. The Bertz CT molecular complexity index is 257. The molecule has 0 saturated heterocycles. The number of aliphatic hydroxyl groups excluding tert-OH is 1. The van der Waals surface area contributed by atoms with Crippen LogP contribution in [0, 0.1) is 5.92 Å². The molecule has 0 radical (unpaired) electrons. The van der Waals surface area contributed by atoms with Crippen molar-refractivity contribution in [2.24, 2.45) is 11.7 Å². The number of hydrogen-bond acceptors (Lipinski definition) is 3. The van der Waals surface area contributed by atoms with Crippen molar-refractivity contribution in [2.45, 2.75) is 26.5 Å². The molecule has 1 aromatic heterocycles. The summed E-state index contributed by atoms with van der Waals surface area (Å²) in [6.45, 7) is 5.34. The maximum atomic E-state index is 9.38. The van der Waals surface area contributed by atoms with E-state index >= 15 is 0 Å². The fraction of sp³-hybridized carbons (Fsp3) is 0.667. The van der Waals surface area contributed by atoms with E-state index in [1.165, 1.54) is 0 Å².